The van der Waals surface area contributed by atoms with Crippen LogP contribution in [0.25, 0.3) is 0 Å². The van der Waals surface area contributed by atoms with E-state index in [0.717, 1.165) is 0 Å². The summed E-state index contributed by atoms with van der Waals surface area (Å²) in [7, 11) is 0. The lowest BCUT2D eigenvalue weighted by molar-refractivity contribution is -0.385. The number of morpholine rings is 1. The lowest BCUT2D eigenvalue weighted by Crippen LogP contribution is -2.57. The van der Waals surface area contributed by atoms with Crippen molar-refractivity contribution in [3.8, 4) is 0 Å². The Morgan fingerprint density at radius 3 is 2.11 bits per heavy atom. The standard InChI is InChI=1S/C12H18N4O3/c1-11(2)7-15(8-12(3,4)19-11)10-13-5-9(6-14-10)16(17)18/h5-6H,7-8H2,1-4H3. The predicted octanol–water partition coefficient (Wildman–Crippen LogP) is 1.78. The molecule has 1 aliphatic heterocycles. The van der Waals surface area contributed by atoms with Gasteiger partial charge in [-0.25, -0.2) is 9.97 Å². The zero-order valence-electron chi connectivity index (χ0n) is 11.6. The molecule has 2 heterocycles. The Kier molecular flexibility index (Phi) is 3.17. The van der Waals surface area contributed by atoms with Crippen LogP contribution in [0.1, 0.15) is 27.7 Å². The number of hydrogen-bond donors (Lipinski definition) is 0. The molecule has 0 spiro atoms. The van der Waals surface area contributed by atoms with Crippen molar-refractivity contribution < 1.29 is 9.66 Å². The van der Waals surface area contributed by atoms with E-state index in [2.05, 4.69) is 9.97 Å². The summed E-state index contributed by atoms with van der Waals surface area (Å²) in [6, 6.07) is 0. The molecular weight excluding hydrogens is 248 g/mol. The third-order valence-corrected chi connectivity index (χ3v) is 2.81. The van der Waals surface area contributed by atoms with Crippen molar-refractivity contribution in [2.24, 2.45) is 0 Å². The van der Waals surface area contributed by atoms with Gasteiger partial charge in [-0.2, -0.15) is 0 Å². The lowest BCUT2D eigenvalue weighted by atomic mass is 9.99. The highest BCUT2D eigenvalue weighted by atomic mass is 16.6. The van der Waals surface area contributed by atoms with E-state index in [1.165, 1.54) is 12.4 Å². The number of rotatable bonds is 2. The van der Waals surface area contributed by atoms with E-state index in [1.54, 1.807) is 0 Å². The fourth-order valence-corrected chi connectivity index (χ4v) is 2.50. The maximum atomic E-state index is 10.6. The van der Waals surface area contributed by atoms with Gasteiger partial charge in [0.1, 0.15) is 12.4 Å². The fraction of sp³-hybridized carbons (Fsp3) is 0.667. The molecule has 7 heteroatoms. The number of nitro groups is 1. The summed E-state index contributed by atoms with van der Waals surface area (Å²) < 4.78 is 5.97. The minimum atomic E-state index is -0.503. The molecule has 0 saturated carbocycles. The largest absolute Gasteiger partial charge is 0.366 e. The van der Waals surface area contributed by atoms with E-state index in [0.29, 0.717) is 19.0 Å². The van der Waals surface area contributed by atoms with Gasteiger partial charge in [-0.15, -0.1) is 0 Å². The summed E-state index contributed by atoms with van der Waals surface area (Å²) in [5, 5.41) is 10.6. The average Bonchev–Trinajstić information content (AvgIpc) is 2.25. The third-order valence-electron chi connectivity index (χ3n) is 2.81. The summed E-state index contributed by atoms with van der Waals surface area (Å²) in [5.41, 5.74) is -0.727. The van der Waals surface area contributed by atoms with Gasteiger partial charge in [0.2, 0.25) is 5.95 Å². The number of hydrogen-bond acceptors (Lipinski definition) is 6. The van der Waals surface area contributed by atoms with Gasteiger partial charge in [-0.3, -0.25) is 10.1 Å². The number of anilines is 1. The zero-order chi connectivity index (χ0) is 14.3. The molecule has 0 bridgehead atoms. The summed E-state index contributed by atoms with van der Waals surface area (Å²) >= 11 is 0. The van der Waals surface area contributed by atoms with Crippen molar-refractivity contribution in [3.63, 3.8) is 0 Å². The first kappa shape index (κ1) is 13.7. The molecule has 0 atom stereocenters. The van der Waals surface area contributed by atoms with Crippen molar-refractivity contribution >= 4 is 11.6 Å². The molecule has 1 fully saturated rings. The van der Waals surface area contributed by atoms with Crippen molar-refractivity contribution in [2.75, 3.05) is 18.0 Å². The van der Waals surface area contributed by atoms with Gasteiger partial charge in [-0.1, -0.05) is 0 Å². The van der Waals surface area contributed by atoms with Crippen LogP contribution in [0.3, 0.4) is 0 Å². The highest BCUT2D eigenvalue weighted by Gasteiger charge is 2.39. The van der Waals surface area contributed by atoms with Crippen molar-refractivity contribution in [2.45, 2.75) is 38.9 Å². The highest BCUT2D eigenvalue weighted by Crippen LogP contribution is 2.29. The summed E-state index contributed by atoms with van der Waals surface area (Å²) in [6.07, 6.45) is 2.47. The van der Waals surface area contributed by atoms with E-state index in [1.807, 2.05) is 32.6 Å². The van der Waals surface area contributed by atoms with Crippen LogP contribution < -0.4 is 4.90 Å². The second-order valence-corrected chi connectivity index (χ2v) is 5.98. The Morgan fingerprint density at radius 1 is 1.21 bits per heavy atom. The molecule has 0 amide bonds. The quantitative estimate of drug-likeness (QED) is 0.599. The second kappa shape index (κ2) is 4.41. The Hall–Kier alpha value is -1.76. The topological polar surface area (TPSA) is 81.4 Å². The molecule has 0 N–H and O–H groups in total. The van der Waals surface area contributed by atoms with Gasteiger partial charge in [0.05, 0.1) is 16.1 Å². The van der Waals surface area contributed by atoms with Gasteiger partial charge in [-0.05, 0) is 27.7 Å². The fourth-order valence-electron chi connectivity index (χ4n) is 2.50. The van der Waals surface area contributed by atoms with Crippen LogP contribution in [0.5, 0.6) is 0 Å². The molecule has 1 aliphatic rings. The molecule has 7 nitrogen and oxygen atoms in total. The molecule has 0 radical (unpaired) electrons. The maximum absolute atomic E-state index is 10.6. The first-order chi connectivity index (χ1) is 8.69. The number of ether oxygens (including phenoxy) is 1. The summed E-state index contributed by atoms with van der Waals surface area (Å²) in [4.78, 5) is 20.2. The minimum Gasteiger partial charge on any atom is -0.366 e. The molecule has 0 aliphatic carbocycles. The first-order valence-electron chi connectivity index (χ1n) is 6.10. The molecule has 104 valence electrons. The van der Waals surface area contributed by atoms with E-state index in [9.17, 15) is 10.1 Å². The van der Waals surface area contributed by atoms with Crippen molar-refractivity contribution in [1.29, 1.82) is 0 Å². The molecule has 2 rings (SSSR count). The Balaban J connectivity index is 2.23. The lowest BCUT2D eigenvalue weighted by Gasteiger charge is -2.47. The highest BCUT2D eigenvalue weighted by molar-refractivity contribution is 5.35. The van der Waals surface area contributed by atoms with E-state index in [-0.39, 0.29) is 16.9 Å². The van der Waals surface area contributed by atoms with Gasteiger partial charge >= 0.3 is 5.69 Å². The molecule has 1 aromatic heterocycles. The Bertz CT molecular complexity index is 468. The normalized spacial score (nSPS) is 21.2. The number of nitrogens with zero attached hydrogens (tertiary/aromatic N) is 4. The average molecular weight is 266 g/mol. The van der Waals surface area contributed by atoms with Crippen LogP contribution >= 0.6 is 0 Å². The van der Waals surface area contributed by atoms with Crippen LogP contribution in [-0.4, -0.2) is 39.2 Å². The molecule has 0 unspecified atom stereocenters. The number of aromatic nitrogens is 2. The van der Waals surface area contributed by atoms with Gasteiger partial charge in [0.15, 0.2) is 0 Å². The molecule has 1 saturated heterocycles. The summed E-state index contributed by atoms with van der Waals surface area (Å²) in [6.45, 7) is 9.32. The van der Waals surface area contributed by atoms with Crippen LogP contribution in [-0.2, 0) is 4.74 Å². The predicted molar refractivity (Wildman–Crippen MR) is 70.1 cm³/mol. The van der Waals surface area contributed by atoms with Crippen molar-refractivity contribution in [3.05, 3.63) is 22.5 Å². The van der Waals surface area contributed by atoms with Crippen LogP contribution in [0, 0.1) is 10.1 Å². The molecular formula is C12H18N4O3. The van der Waals surface area contributed by atoms with Gasteiger partial charge < -0.3 is 9.64 Å². The van der Waals surface area contributed by atoms with Crippen LogP contribution in [0.15, 0.2) is 12.4 Å². The van der Waals surface area contributed by atoms with Crippen molar-refractivity contribution in [1.82, 2.24) is 9.97 Å². The SMILES string of the molecule is CC1(C)CN(c2ncc([N+](=O)[O-])cn2)CC(C)(C)O1. The maximum Gasteiger partial charge on any atom is 0.305 e. The third kappa shape index (κ3) is 3.17. The Morgan fingerprint density at radius 2 is 1.68 bits per heavy atom. The zero-order valence-corrected chi connectivity index (χ0v) is 11.6. The molecule has 19 heavy (non-hydrogen) atoms. The summed E-state index contributed by atoms with van der Waals surface area (Å²) in [5.74, 6) is 0.495. The smallest absolute Gasteiger partial charge is 0.305 e. The van der Waals surface area contributed by atoms with Crippen LogP contribution in [0.2, 0.25) is 0 Å². The minimum absolute atomic E-state index is 0.101. The van der Waals surface area contributed by atoms with E-state index < -0.39 is 4.92 Å². The van der Waals surface area contributed by atoms with Gasteiger partial charge in [0.25, 0.3) is 0 Å². The second-order valence-electron chi connectivity index (χ2n) is 5.98. The van der Waals surface area contributed by atoms with Crippen LogP contribution in [0.4, 0.5) is 11.6 Å². The monoisotopic (exact) mass is 266 g/mol. The van der Waals surface area contributed by atoms with E-state index >= 15 is 0 Å². The Labute approximate surface area is 111 Å². The van der Waals surface area contributed by atoms with Gasteiger partial charge in [0, 0.05) is 13.1 Å². The first-order valence-corrected chi connectivity index (χ1v) is 6.10. The van der Waals surface area contributed by atoms with E-state index in [4.69, 9.17) is 4.74 Å². The molecule has 0 aromatic carbocycles. The molecule has 1 aromatic rings.